The Hall–Kier alpha value is -0.400. The number of rotatable bonds is 6. The minimum atomic E-state index is -0.780. The van der Waals surface area contributed by atoms with Crippen molar-refractivity contribution in [2.24, 2.45) is 47.3 Å². The van der Waals surface area contributed by atoms with E-state index in [0.29, 0.717) is 36.9 Å². The Kier molecular flexibility index (Phi) is 7.36. The lowest BCUT2D eigenvalue weighted by molar-refractivity contribution is -0.577. The van der Waals surface area contributed by atoms with Gasteiger partial charge in [-0.3, -0.25) is 0 Å². The number of hydrogen-bond donors (Lipinski definition) is 0. The molecule has 0 amide bonds. The van der Waals surface area contributed by atoms with Crippen molar-refractivity contribution in [3.8, 4) is 0 Å². The molecule has 10 aliphatic rings. The van der Waals surface area contributed by atoms with Gasteiger partial charge in [0.15, 0.2) is 36.4 Å². The Morgan fingerprint density at radius 2 is 1.00 bits per heavy atom. The molecule has 16 atom stereocenters. The molecule has 2 spiro atoms. The molecule has 8 saturated heterocycles. The van der Waals surface area contributed by atoms with Gasteiger partial charge in [-0.25, -0.2) is 19.6 Å². The maximum atomic E-state index is 6.58. The third-order valence-electron chi connectivity index (χ3n) is 13.0. The Bertz CT molecular complexity index is 981. The van der Waals surface area contributed by atoms with Gasteiger partial charge < -0.3 is 28.4 Å². The summed E-state index contributed by atoms with van der Waals surface area (Å²) in [6, 6.07) is 0. The second-order valence-corrected chi connectivity index (χ2v) is 15.6. The molecule has 0 aromatic heterocycles. The van der Waals surface area contributed by atoms with Gasteiger partial charge in [-0.2, -0.15) is 0 Å². The first kappa shape index (κ1) is 30.0. The Morgan fingerprint density at radius 1 is 0.558 bits per heavy atom. The minimum absolute atomic E-state index is 0.160. The van der Waals surface area contributed by atoms with Crippen LogP contribution < -0.4 is 0 Å². The SMILES string of the molecule is C[C@H]1[C@@H](OCCCO[C@H]2O[C@@H]3O[C@@]4(C)CC[C@H]5[C@H](C)CC[C@@H]([C@H]2C)[C@@]35OO4)O[C@@H]2O[C@@]3(C)CC[C@H]4[C@H](C)CC[C@@H]1[C@@]24OO3. The highest BCUT2D eigenvalue weighted by molar-refractivity contribution is 5.10. The molecule has 0 radical (unpaired) electrons. The standard InChI is InChI=1S/C33H52O10/c1-18-8-10-24-20(3)26(36-28-32(24)22(18)12-14-30(5,38-28)40-42-32)34-16-7-17-35-27-21(4)25-11-9-19(2)23-13-15-31(6)39-29(37-27)33(23,25)43-41-31/h18-29H,7-17H2,1-6H3/t18-,19-,20-,21-,22+,23+,24+,25+,26+,27+,28-,29-,30-,31-,32-,33-/m1/s1. The fourth-order valence-electron chi connectivity index (χ4n) is 10.6. The first-order valence-corrected chi connectivity index (χ1v) is 17.2. The number of fused-ring (bicyclic) bond motifs is 4. The average molecular weight is 609 g/mol. The molecule has 244 valence electrons. The fraction of sp³-hybridized carbons (Fsp3) is 1.00. The van der Waals surface area contributed by atoms with Crippen molar-refractivity contribution in [2.75, 3.05) is 13.2 Å². The summed E-state index contributed by atoms with van der Waals surface area (Å²) in [6.45, 7) is 14.1. The van der Waals surface area contributed by atoms with Crippen molar-refractivity contribution in [1.29, 1.82) is 0 Å². The third-order valence-corrected chi connectivity index (χ3v) is 13.0. The maximum Gasteiger partial charge on any atom is 0.201 e. The summed E-state index contributed by atoms with van der Waals surface area (Å²) in [4.78, 5) is 24.4. The van der Waals surface area contributed by atoms with Gasteiger partial charge in [-0.15, -0.1) is 0 Å². The van der Waals surface area contributed by atoms with Crippen LogP contribution in [0.15, 0.2) is 0 Å². The first-order chi connectivity index (χ1) is 20.6. The molecule has 0 unspecified atom stereocenters. The van der Waals surface area contributed by atoms with Crippen molar-refractivity contribution in [1.82, 2.24) is 0 Å². The van der Waals surface area contributed by atoms with E-state index in [1.54, 1.807) is 0 Å². The largest absolute Gasteiger partial charge is 0.352 e. The van der Waals surface area contributed by atoms with Crippen LogP contribution in [0.4, 0.5) is 0 Å². The van der Waals surface area contributed by atoms with E-state index in [1.165, 1.54) is 12.8 Å². The van der Waals surface area contributed by atoms with Crippen LogP contribution in [0.5, 0.6) is 0 Å². The Balaban J connectivity index is 0.894. The predicted octanol–water partition coefficient (Wildman–Crippen LogP) is 5.83. The molecule has 2 aliphatic carbocycles. The van der Waals surface area contributed by atoms with Gasteiger partial charge in [0.2, 0.25) is 11.6 Å². The molecule has 8 heterocycles. The number of ether oxygens (including phenoxy) is 6. The van der Waals surface area contributed by atoms with E-state index in [9.17, 15) is 0 Å². The first-order valence-electron chi connectivity index (χ1n) is 17.2. The van der Waals surface area contributed by atoms with E-state index in [2.05, 4.69) is 27.7 Å². The summed E-state index contributed by atoms with van der Waals surface area (Å²) in [5.41, 5.74) is -1.13. The van der Waals surface area contributed by atoms with Gasteiger partial charge in [-0.1, -0.05) is 27.7 Å². The molecule has 0 N–H and O–H groups in total. The normalized spacial score (nSPS) is 58.7. The molecule has 43 heavy (non-hydrogen) atoms. The Labute approximate surface area is 255 Å². The van der Waals surface area contributed by atoms with Crippen LogP contribution in [0, 0.1) is 47.3 Å². The summed E-state index contributed by atoms with van der Waals surface area (Å²) in [5, 5.41) is 0. The second-order valence-electron chi connectivity index (χ2n) is 15.6. The van der Waals surface area contributed by atoms with E-state index >= 15 is 0 Å². The van der Waals surface area contributed by atoms with Gasteiger partial charge in [0.1, 0.15) is 0 Å². The monoisotopic (exact) mass is 608 g/mol. The molecule has 2 saturated carbocycles. The molecule has 10 rings (SSSR count). The molecule has 10 nitrogen and oxygen atoms in total. The van der Waals surface area contributed by atoms with Crippen LogP contribution in [0.25, 0.3) is 0 Å². The van der Waals surface area contributed by atoms with Gasteiger partial charge in [0.25, 0.3) is 0 Å². The maximum absolute atomic E-state index is 6.58. The highest BCUT2D eigenvalue weighted by Crippen LogP contribution is 2.62. The predicted molar refractivity (Wildman–Crippen MR) is 150 cm³/mol. The van der Waals surface area contributed by atoms with Crippen LogP contribution in [0.2, 0.25) is 0 Å². The van der Waals surface area contributed by atoms with Gasteiger partial charge in [0, 0.05) is 36.5 Å². The van der Waals surface area contributed by atoms with E-state index in [0.717, 1.165) is 44.9 Å². The molecular formula is C33H52O10. The van der Waals surface area contributed by atoms with Crippen LogP contribution in [-0.2, 0) is 48.0 Å². The molecule has 10 heteroatoms. The minimum Gasteiger partial charge on any atom is -0.352 e. The van der Waals surface area contributed by atoms with Crippen LogP contribution in [-0.4, -0.2) is 61.2 Å². The topological polar surface area (TPSA) is 92.3 Å². The summed E-state index contributed by atoms with van der Waals surface area (Å²) < 4.78 is 38.9. The lowest BCUT2D eigenvalue weighted by atomic mass is 9.58. The van der Waals surface area contributed by atoms with Crippen molar-refractivity contribution in [3.05, 3.63) is 0 Å². The highest BCUT2D eigenvalue weighted by atomic mass is 17.3. The Morgan fingerprint density at radius 3 is 1.44 bits per heavy atom. The zero-order valence-corrected chi connectivity index (χ0v) is 26.8. The van der Waals surface area contributed by atoms with E-state index < -0.39 is 35.4 Å². The molecule has 0 aromatic rings. The van der Waals surface area contributed by atoms with Crippen molar-refractivity contribution >= 4 is 0 Å². The van der Waals surface area contributed by atoms with Gasteiger partial charge in [-0.05, 0) is 82.5 Å². The fourth-order valence-corrected chi connectivity index (χ4v) is 10.6. The average Bonchev–Trinajstić information content (AvgIpc) is 3.35. The smallest absolute Gasteiger partial charge is 0.201 e. The van der Waals surface area contributed by atoms with E-state index in [-0.39, 0.29) is 36.3 Å². The van der Waals surface area contributed by atoms with E-state index in [1.807, 2.05) is 13.8 Å². The quantitative estimate of drug-likeness (QED) is 0.271. The molecule has 8 aliphatic heterocycles. The van der Waals surface area contributed by atoms with Crippen molar-refractivity contribution < 1.29 is 48.0 Å². The molecule has 10 fully saturated rings. The lowest BCUT2D eigenvalue weighted by Gasteiger charge is -2.60. The number of hydrogen-bond acceptors (Lipinski definition) is 10. The summed E-state index contributed by atoms with van der Waals surface area (Å²) >= 11 is 0. The van der Waals surface area contributed by atoms with Crippen molar-refractivity contribution in [2.45, 2.75) is 147 Å². The summed E-state index contributed by atoms with van der Waals surface area (Å²) in [5.74, 6) is 1.05. The van der Waals surface area contributed by atoms with Crippen LogP contribution in [0.3, 0.4) is 0 Å². The molecule has 4 bridgehead atoms. The zero-order valence-electron chi connectivity index (χ0n) is 26.8. The van der Waals surface area contributed by atoms with Gasteiger partial charge >= 0.3 is 0 Å². The lowest BCUT2D eigenvalue weighted by Crippen LogP contribution is -2.70. The van der Waals surface area contributed by atoms with E-state index in [4.69, 9.17) is 48.0 Å². The summed E-state index contributed by atoms with van der Waals surface area (Å²) in [6.07, 6.45) is 7.17. The van der Waals surface area contributed by atoms with Gasteiger partial charge in [0.05, 0.1) is 13.2 Å². The zero-order chi connectivity index (χ0) is 29.8. The third kappa shape index (κ3) is 4.41. The highest BCUT2D eigenvalue weighted by Gasteiger charge is 2.71. The molecule has 0 aromatic carbocycles. The second kappa shape index (κ2) is 10.6. The summed E-state index contributed by atoms with van der Waals surface area (Å²) in [7, 11) is 0. The van der Waals surface area contributed by atoms with Crippen LogP contribution in [0.1, 0.15) is 99.3 Å². The van der Waals surface area contributed by atoms with Crippen molar-refractivity contribution in [3.63, 3.8) is 0 Å². The molecular weight excluding hydrogens is 556 g/mol. The van der Waals surface area contributed by atoms with Crippen LogP contribution >= 0.6 is 0 Å².